The van der Waals surface area contributed by atoms with E-state index < -0.39 is 6.10 Å². The van der Waals surface area contributed by atoms with Crippen LogP contribution in [0.4, 0.5) is 0 Å². The zero-order valence-corrected chi connectivity index (χ0v) is 14.3. The van der Waals surface area contributed by atoms with E-state index in [9.17, 15) is 14.4 Å². The number of carbonyl (C=O) groups excluding carboxylic acids is 2. The number of amides is 2. The van der Waals surface area contributed by atoms with Crippen LogP contribution in [-0.4, -0.2) is 46.6 Å². The molecule has 0 aliphatic carbocycles. The Morgan fingerprint density at radius 2 is 1.92 bits per heavy atom. The fraction of sp³-hybridized carbons (Fsp3) is 0.611. The highest BCUT2D eigenvalue weighted by Gasteiger charge is 2.36. The first-order chi connectivity index (χ1) is 12.0. The summed E-state index contributed by atoms with van der Waals surface area (Å²) in [6.07, 6.45) is 4.99. The van der Waals surface area contributed by atoms with Crippen LogP contribution in [0.2, 0.25) is 0 Å². The average Bonchev–Trinajstić information content (AvgIpc) is 3.11. The fourth-order valence-corrected chi connectivity index (χ4v) is 3.76. The van der Waals surface area contributed by atoms with E-state index in [0.29, 0.717) is 38.4 Å². The molecule has 3 heterocycles. The van der Waals surface area contributed by atoms with Crippen molar-refractivity contribution in [3.8, 4) is 0 Å². The number of aryl methyl sites for hydroxylation is 1. The van der Waals surface area contributed by atoms with Crippen molar-refractivity contribution in [3.63, 3.8) is 0 Å². The summed E-state index contributed by atoms with van der Waals surface area (Å²) in [5.74, 6) is 0.0768. The summed E-state index contributed by atoms with van der Waals surface area (Å²) in [6, 6.07) is 4.98. The molecule has 0 unspecified atom stereocenters. The molecule has 2 fully saturated rings. The van der Waals surface area contributed by atoms with Crippen LogP contribution in [0.3, 0.4) is 0 Å². The molecule has 1 aromatic rings. The number of piperidine rings is 1. The number of aromatic nitrogens is 1. The van der Waals surface area contributed by atoms with E-state index in [1.807, 2.05) is 4.90 Å². The smallest absolute Gasteiger partial charge is 0.250 e. The van der Waals surface area contributed by atoms with Crippen molar-refractivity contribution in [1.82, 2.24) is 9.47 Å². The third-order valence-electron chi connectivity index (χ3n) is 5.25. The lowest BCUT2D eigenvalue weighted by Crippen LogP contribution is -2.42. The minimum atomic E-state index is -0.450. The molecule has 2 amide bonds. The number of hydrogen-bond acceptors (Lipinski definition) is 4. The number of ether oxygens (including phenoxy) is 1. The lowest BCUT2D eigenvalue weighted by molar-refractivity contribution is -0.134. The monoisotopic (exact) mass is 347 g/mol. The fourth-order valence-electron chi connectivity index (χ4n) is 3.76. The molecule has 2 saturated heterocycles. The zero-order valence-electron chi connectivity index (χ0n) is 14.3. The van der Waals surface area contributed by atoms with E-state index in [1.54, 1.807) is 22.9 Å². The van der Waals surface area contributed by atoms with Gasteiger partial charge in [-0.15, -0.1) is 0 Å². The molecule has 1 aromatic heterocycles. The van der Waals surface area contributed by atoms with Gasteiger partial charge in [-0.05, 0) is 37.7 Å². The van der Waals surface area contributed by atoms with Gasteiger partial charge in [0.2, 0.25) is 11.8 Å². The molecule has 7 nitrogen and oxygen atoms in total. The van der Waals surface area contributed by atoms with Gasteiger partial charge in [0.05, 0.1) is 6.10 Å². The second kappa shape index (κ2) is 7.82. The molecule has 25 heavy (non-hydrogen) atoms. The van der Waals surface area contributed by atoms with Crippen LogP contribution < -0.4 is 11.3 Å². The number of nitrogens with zero attached hydrogens (tertiary/aromatic N) is 2. The van der Waals surface area contributed by atoms with Crippen molar-refractivity contribution < 1.29 is 14.3 Å². The third kappa shape index (κ3) is 4.28. The highest BCUT2D eigenvalue weighted by molar-refractivity contribution is 5.79. The Kier molecular flexibility index (Phi) is 5.53. The largest absolute Gasteiger partial charge is 0.367 e. The molecule has 2 aliphatic rings. The molecular formula is C18H25N3O4. The standard InChI is InChI=1S/C18H25N3O4/c19-18(24)15-5-4-14(25-15)13-6-10-21(11-7-13)17(23)8-12-20-9-2-1-3-16(20)22/h1-3,9,13-15H,4-8,10-12H2,(H2,19,24)/t14-,15+/m0/s1. The summed E-state index contributed by atoms with van der Waals surface area (Å²) < 4.78 is 7.32. The Bertz CT molecular complexity index is 679. The van der Waals surface area contributed by atoms with Gasteiger partial charge in [0, 0.05) is 38.3 Å². The number of hydrogen-bond donors (Lipinski definition) is 1. The van der Waals surface area contributed by atoms with E-state index in [0.717, 1.165) is 19.3 Å². The number of nitrogens with two attached hydrogens (primary N) is 1. The summed E-state index contributed by atoms with van der Waals surface area (Å²) in [5.41, 5.74) is 5.22. The molecule has 0 radical (unpaired) electrons. The first kappa shape index (κ1) is 17.7. The summed E-state index contributed by atoms with van der Waals surface area (Å²) in [6.45, 7) is 1.81. The Morgan fingerprint density at radius 3 is 2.56 bits per heavy atom. The summed E-state index contributed by atoms with van der Waals surface area (Å²) >= 11 is 0. The predicted molar refractivity (Wildman–Crippen MR) is 91.7 cm³/mol. The van der Waals surface area contributed by atoms with Gasteiger partial charge in [-0.3, -0.25) is 14.4 Å². The molecule has 136 valence electrons. The zero-order chi connectivity index (χ0) is 17.8. The van der Waals surface area contributed by atoms with E-state index in [4.69, 9.17) is 10.5 Å². The van der Waals surface area contributed by atoms with Crippen molar-refractivity contribution in [2.45, 2.75) is 50.9 Å². The van der Waals surface area contributed by atoms with E-state index in [2.05, 4.69) is 0 Å². The van der Waals surface area contributed by atoms with Gasteiger partial charge < -0.3 is 19.9 Å². The maximum atomic E-state index is 12.4. The van der Waals surface area contributed by atoms with Crippen molar-refractivity contribution in [3.05, 3.63) is 34.7 Å². The summed E-state index contributed by atoms with van der Waals surface area (Å²) in [4.78, 5) is 37.1. The van der Waals surface area contributed by atoms with Crippen molar-refractivity contribution in [2.75, 3.05) is 13.1 Å². The van der Waals surface area contributed by atoms with Crippen LogP contribution in [-0.2, 0) is 20.9 Å². The topological polar surface area (TPSA) is 94.6 Å². The quantitative estimate of drug-likeness (QED) is 0.840. The van der Waals surface area contributed by atoms with Crippen LogP contribution in [0.1, 0.15) is 32.1 Å². The SMILES string of the molecule is NC(=O)[C@H]1CC[C@@H](C2CCN(C(=O)CCn3ccccc3=O)CC2)O1. The minimum Gasteiger partial charge on any atom is -0.367 e. The van der Waals surface area contributed by atoms with Crippen LogP contribution >= 0.6 is 0 Å². The van der Waals surface area contributed by atoms with Gasteiger partial charge >= 0.3 is 0 Å². The average molecular weight is 347 g/mol. The van der Waals surface area contributed by atoms with Crippen LogP contribution in [0.5, 0.6) is 0 Å². The Labute approximate surface area is 146 Å². The van der Waals surface area contributed by atoms with Gasteiger partial charge in [0.15, 0.2) is 0 Å². The Hall–Kier alpha value is -2.15. The Balaban J connectivity index is 1.44. The highest BCUT2D eigenvalue weighted by atomic mass is 16.5. The number of rotatable bonds is 5. The normalized spacial score (nSPS) is 24.4. The molecule has 7 heteroatoms. The molecule has 0 saturated carbocycles. The molecule has 2 aliphatic heterocycles. The number of primary amides is 1. The number of likely N-dealkylation sites (tertiary alicyclic amines) is 1. The van der Waals surface area contributed by atoms with Gasteiger partial charge in [-0.1, -0.05) is 6.07 Å². The first-order valence-corrected chi connectivity index (χ1v) is 8.92. The lowest BCUT2D eigenvalue weighted by Gasteiger charge is -2.34. The van der Waals surface area contributed by atoms with Gasteiger partial charge in [0.1, 0.15) is 6.10 Å². The molecule has 2 N–H and O–H groups in total. The van der Waals surface area contributed by atoms with Gasteiger partial charge in [-0.2, -0.15) is 0 Å². The second-order valence-corrected chi connectivity index (χ2v) is 6.84. The third-order valence-corrected chi connectivity index (χ3v) is 5.25. The van der Waals surface area contributed by atoms with E-state index in [-0.39, 0.29) is 23.5 Å². The lowest BCUT2D eigenvalue weighted by atomic mass is 9.89. The molecule has 0 aromatic carbocycles. The van der Waals surface area contributed by atoms with Gasteiger partial charge in [0.25, 0.3) is 5.56 Å². The molecule has 2 atom stereocenters. The molecular weight excluding hydrogens is 322 g/mol. The van der Waals surface area contributed by atoms with Crippen LogP contribution in [0, 0.1) is 5.92 Å². The van der Waals surface area contributed by atoms with Crippen LogP contribution in [0.25, 0.3) is 0 Å². The summed E-state index contributed by atoms with van der Waals surface area (Å²) in [7, 11) is 0. The maximum absolute atomic E-state index is 12.4. The van der Waals surface area contributed by atoms with Crippen molar-refractivity contribution in [1.29, 1.82) is 0 Å². The molecule has 3 rings (SSSR count). The number of pyridine rings is 1. The van der Waals surface area contributed by atoms with E-state index in [1.165, 1.54) is 6.07 Å². The molecule has 0 bridgehead atoms. The highest BCUT2D eigenvalue weighted by Crippen LogP contribution is 2.31. The Morgan fingerprint density at radius 1 is 1.16 bits per heavy atom. The van der Waals surface area contributed by atoms with E-state index >= 15 is 0 Å². The maximum Gasteiger partial charge on any atom is 0.250 e. The summed E-state index contributed by atoms with van der Waals surface area (Å²) in [5, 5.41) is 0. The first-order valence-electron chi connectivity index (χ1n) is 8.92. The molecule has 0 spiro atoms. The van der Waals surface area contributed by atoms with Gasteiger partial charge in [-0.25, -0.2) is 0 Å². The minimum absolute atomic E-state index is 0.0801. The number of carbonyl (C=O) groups is 2. The second-order valence-electron chi connectivity index (χ2n) is 6.84. The van der Waals surface area contributed by atoms with Crippen molar-refractivity contribution >= 4 is 11.8 Å². The van der Waals surface area contributed by atoms with Crippen LogP contribution in [0.15, 0.2) is 29.2 Å². The predicted octanol–water partition coefficient (Wildman–Crippen LogP) is 0.510. The van der Waals surface area contributed by atoms with Crippen molar-refractivity contribution in [2.24, 2.45) is 11.7 Å².